The third kappa shape index (κ3) is 1.75. The maximum atomic E-state index is 5.60. The van der Waals surface area contributed by atoms with Crippen molar-refractivity contribution < 1.29 is 4.42 Å². The Kier molecular flexibility index (Phi) is 2.47. The second-order valence-corrected chi connectivity index (χ2v) is 5.06. The van der Waals surface area contributed by atoms with Crippen LogP contribution in [0.1, 0.15) is 5.56 Å². The van der Waals surface area contributed by atoms with E-state index >= 15 is 0 Å². The fraction of sp³-hybridized carbons (Fsp3) is 0.0667. The van der Waals surface area contributed by atoms with Gasteiger partial charge in [0, 0.05) is 5.39 Å². The van der Waals surface area contributed by atoms with E-state index in [0.717, 1.165) is 22.0 Å². The Labute approximate surface area is 119 Å². The van der Waals surface area contributed by atoms with Gasteiger partial charge in [-0.25, -0.2) is 0 Å². The highest BCUT2D eigenvalue weighted by Crippen LogP contribution is 2.20. The smallest absolute Gasteiger partial charge is 0.269 e. The number of aromatic amines is 1. The molecule has 0 atom stereocenters. The Hall–Kier alpha value is -2.40. The van der Waals surface area contributed by atoms with Crippen LogP contribution in [0.25, 0.3) is 22.0 Å². The van der Waals surface area contributed by atoms with Crippen LogP contribution in [0.15, 0.2) is 53.1 Å². The predicted octanol–water partition coefficient (Wildman–Crippen LogP) is 3.89. The number of oxazole rings is 1. The summed E-state index contributed by atoms with van der Waals surface area (Å²) in [6, 6.07) is 14.1. The van der Waals surface area contributed by atoms with E-state index in [1.54, 1.807) is 0 Å². The first-order chi connectivity index (χ1) is 9.81. The molecule has 0 aliphatic rings. The molecule has 0 aliphatic carbocycles. The van der Waals surface area contributed by atoms with E-state index in [1.807, 2.05) is 41.1 Å². The molecular weight excluding hydrogens is 270 g/mol. The molecule has 1 N–H and O–H groups in total. The molecule has 2 aromatic carbocycles. The van der Waals surface area contributed by atoms with Crippen LogP contribution < -0.4 is 0 Å². The van der Waals surface area contributed by atoms with E-state index < -0.39 is 0 Å². The third-order valence-corrected chi connectivity index (χ3v) is 3.72. The maximum Gasteiger partial charge on any atom is 0.269 e. The zero-order valence-corrected chi connectivity index (χ0v) is 11.4. The normalized spacial score (nSPS) is 11.4. The highest BCUT2D eigenvalue weighted by Gasteiger charge is 2.07. The van der Waals surface area contributed by atoms with Gasteiger partial charge in [-0.1, -0.05) is 18.2 Å². The lowest BCUT2D eigenvalue weighted by Crippen LogP contribution is -1.99. The molecule has 4 aromatic rings. The first-order valence-corrected chi connectivity index (χ1v) is 6.72. The van der Waals surface area contributed by atoms with Gasteiger partial charge in [0.2, 0.25) is 0 Å². The molecule has 20 heavy (non-hydrogen) atoms. The number of benzene rings is 2. The molecule has 0 saturated carbocycles. The van der Waals surface area contributed by atoms with Crippen molar-refractivity contribution in [3.8, 4) is 0 Å². The first-order valence-electron chi connectivity index (χ1n) is 6.32. The summed E-state index contributed by atoms with van der Waals surface area (Å²) in [6.45, 7) is 0.691. The molecule has 0 amide bonds. The van der Waals surface area contributed by atoms with E-state index in [-0.39, 0.29) is 0 Å². The molecule has 0 radical (unpaired) electrons. The van der Waals surface area contributed by atoms with Crippen molar-refractivity contribution in [3.63, 3.8) is 0 Å². The lowest BCUT2D eigenvalue weighted by molar-refractivity contribution is 0.548. The van der Waals surface area contributed by atoms with Gasteiger partial charge in [0.1, 0.15) is 0 Å². The van der Waals surface area contributed by atoms with Gasteiger partial charge in [-0.05, 0) is 42.0 Å². The summed E-state index contributed by atoms with van der Waals surface area (Å²) in [5.41, 5.74) is 4.04. The molecule has 4 nitrogen and oxygen atoms in total. The van der Waals surface area contributed by atoms with Gasteiger partial charge >= 0.3 is 0 Å². The number of rotatable bonds is 2. The van der Waals surface area contributed by atoms with Gasteiger partial charge in [-0.15, -0.1) is 0 Å². The molecule has 98 valence electrons. The molecule has 2 aromatic heterocycles. The van der Waals surface area contributed by atoms with Crippen molar-refractivity contribution >= 4 is 34.2 Å². The van der Waals surface area contributed by atoms with Crippen LogP contribution in [0.5, 0.6) is 0 Å². The number of fused-ring (bicyclic) bond motifs is 2. The predicted molar refractivity (Wildman–Crippen MR) is 80.2 cm³/mol. The summed E-state index contributed by atoms with van der Waals surface area (Å²) in [6.07, 6.45) is 1.82. The van der Waals surface area contributed by atoms with Gasteiger partial charge in [-0.3, -0.25) is 9.67 Å². The van der Waals surface area contributed by atoms with Gasteiger partial charge in [0.15, 0.2) is 5.58 Å². The van der Waals surface area contributed by atoms with Gasteiger partial charge in [0.05, 0.1) is 23.8 Å². The number of hydrogen-bond acceptors (Lipinski definition) is 3. The summed E-state index contributed by atoms with van der Waals surface area (Å²) in [4.78, 5) is 0.499. The highest BCUT2D eigenvalue weighted by molar-refractivity contribution is 7.71. The van der Waals surface area contributed by atoms with E-state index in [9.17, 15) is 0 Å². The van der Waals surface area contributed by atoms with Crippen molar-refractivity contribution in [2.75, 3.05) is 0 Å². The zero-order chi connectivity index (χ0) is 13.5. The van der Waals surface area contributed by atoms with Gasteiger partial charge in [-0.2, -0.15) is 5.10 Å². The monoisotopic (exact) mass is 281 g/mol. The molecule has 5 heteroatoms. The van der Waals surface area contributed by atoms with Gasteiger partial charge < -0.3 is 4.42 Å². The van der Waals surface area contributed by atoms with Crippen LogP contribution in [0.2, 0.25) is 0 Å². The highest BCUT2D eigenvalue weighted by atomic mass is 32.1. The minimum Gasteiger partial charge on any atom is -0.429 e. The SMILES string of the molecule is S=c1oc2ccccc2n1Cc1ccc2[nH]ncc2c1. The Morgan fingerprint density at radius 1 is 1.20 bits per heavy atom. The van der Waals surface area contributed by atoms with Crippen LogP contribution in [0.4, 0.5) is 0 Å². The minimum atomic E-state index is 0.499. The van der Waals surface area contributed by atoms with Crippen LogP contribution in [0.3, 0.4) is 0 Å². The lowest BCUT2D eigenvalue weighted by atomic mass is 10.1. The summed E-state index contributed by atoms with van der Waals surface area (Å²) >= 11 is 5.31. The van der Waals surface area contributed by atoms with Crippen LogP contribution in [-0.4, -0.2) is 14.8 Å². The fourth-order valence-electron chi connectivity index (χ4n) is 2.44. The number of H-pyrrole nitrogens is 1. The summed E-state index contributed by atoms with van der Waals surface area (Å²) in [5, 5.41) is 8.09. The van der Waals surface area contributed by atoms with Crippen molar-refractivity contribution in [2.45, 2.75) is 6.54 Å². The summed E-state index contributed by atoms with van der Waals surface area (Å²) in [5.74, 6) is 0. The largest absolute Gasteiger partial charge is 0.429 e. The minimum absolute atomic E-state index is 0.499. The second kappa shape index (κ2) is 4.31. The summed E-state index contributed by atoms with van der Waals surface area (Å²) < 4.78 is 7.61. The molecular formula is C15H11N3OS. The Morgan fingerprint density at radius 3 is 3.05 bits per heavy atom. The van der Waals surface area contributed by atoms with Crippen LogP contribution >= 0.6 is 12.2 Å². The zero-order valence-electron chi connectivity index (χ0n) is 10.5. The average molecular weight is 281 g/mol. The fourth-order valence-corrected chi connectivity index (χ4v) is 2.69. The van der Waals surface area contributed by atoms with E-state index in [4.69, 9.17) is 16.6 Å². The number of nitrogens with one attached hydrogen (secondary N) is 1. The molecule has 2 heterocycles. The average Bonchev–Trinajstić information content (AvgIpc) is 3.04. The third-order valence-electron chi connectivity index (χ3n) is 3.42. The first kappa shape index (κ1) is 11.4. The number of nitrogens with zero attached hydrogens (tertiary/aromatic N) is 2. The molecule has 0 unspecified atom stereocenters. The van der Waals surface area contributed by atoms with Crippen molar-refractivity contribution in [3.05, 3.63) is 59.1 Å². The molecule has 4 rings (SSSR count). The standard InChI is InChI=1S/C15H11N3OS/c20-15-18(13-3-1-2-4-14(13)19-15)9-10-5-6-12-11(7-10)8-16-17-12/h1-8H,9H2,(H,16,17). The van der Waals surface area contributed by atoms with Crippen LogP contribution in [-0.2, 0) is 6.54 Å². The number of para-hydroxylation sites is 2. The van der Waals surface area contributed by atoms with Crippen LogP contribution in [0, 0.1) is 4.84 Å². The van der Waals surface area contributed by atoms with Crippen molar-refractivity contribution in [1.29, 1.82) is 0 Å². The number of aromatic nitrogens is 3. The number of hydrogen-bond donors (Lipinski definition) is 1. The van der Waals surface area contributed by atoms with E-state index in [2.05, 4.69) is 22.3 Å². The molecule has 0 bridgehead atoms. The molecule has 0 fully saturated rings. The van der Waals surface area contributed by atoms with E-state index in [1.165, 1.54) is 5.56 Å². The Balaban J connectivity index is 1.83. The van der Waals surface area contributed by atoms with Crippen molar-refractivity contribution in [1.82, 2.24) is 14.8 Å². The van der Waals surface area contributed by atoms with E-state index in [0.29, 0.717) is 11.4 Å². The molecule has 0 spiro atoms. The molecule has 0 saturated heterocycles. The van der Waals surface area contributed by atoms with Crippen molar-refractivity contribution in [2.24, 2.45) is 0 Å². The summed E-state index contributed by atoms with van der Waals surface area (Å²) in [7, 11) is 0. The Morgan fingerprint density at radius 2 is 2.10 bits per heavy atom. The maximum absolute atomic E-state index is 5.60. The quantitative estimate of drug-likeness (QED) is 0.567. The Bertz CT molecular complexity index is 964. The lowest BCUT2D eigenvalue weighted by Gasteiger charge is -2.03. The van der Waals surface area contributed by atoms with Gasteiger partial charge in [0.25, 0.3) is 4.84 Å². The second-order valence-electron chi connectivity index (χ2n) is 4.71. The molecule has 0 aliphatic heterocycles. The topological polar surface area (TPSA) is 46.8 Å².